The summed E-state index contributed by atoms with van der Waals surface area (Å²) in [6.07, 6.45) is 4.36. The summed E-state index contributed by atoms with van der Waals surface area (Å²) in [5, 5.41) is 0. The molecule has 0 atom stereocenters. The molecule has 0 N–H and O–H groups in total. The van der Waals surface area contributed by atoms with Crippen LogP contribution in [0.1, 0.15) is 0 Å². The van der Waals surface area contributed by atoms with Crippen molar-refractivity contribution in [2.45, 2.75) is 0 Å². The van der Waals surface area contributed by atoms with Gasteiger partial charge in [0, 0.05) is 38.4 Å². The predicted molar refractivity (Wildman–Crippen MR) is 63.9 cm³/mol. The second-order valence-corrected chi connectivity index (χ2v) is 4.09. The van der Waals surface area contributed by atoms with Crippen molar-refractivity contribution in [1.82, 2.24) is 9.88 Å². The maximum atomic E-state index is 10.7. The number of nitrogens with zero attached hydrogens (tertiary/aromatic N) is 3. The van der Waals surface area contributed by atoms with E-state index in [-0.39, 0.29) is 0 Å². The van der Waals surface area contributed by atoms with Crippen molar-refractivity contribution in [3.05, 3.63) is 24.6 Å². The van der Waals surface area contributed by atoms with Crippen molar-refractivity contribution in [2.75, 3.05) is 31.1 Å². The SMILES string of the molecule is O=CN1CCN(c2ccnc3ccoc23)CC1. The van der Waals surface area contributed by atoms with E-state index < -0.39 is 0 Å². The monoisotopic (exact) mass is 231 g/mol. The number of fused-ring (bicyclic) bond motifs is 1. The quantitative estimate of drug-likeness (QED) is 0.726. The van der Waals surface area contributed by atoms with E-state index in [0.29, 0.717) is 0 Å². The number of pyridine rings is 1. The molecule has 0 spiro atoms. The van der Waals surface area contributed by atoms with Gasteiger partial charge in [0.1, 0.15) is 5.52 Å². The van der Waals surface area contributed by atoms with Gasteiger partial charge in [0.05, 0.1) is 12.0 Å². The second-order valence-electron chi connectivity index (χ2n) is 4.09. The maximum absolute atomic E-state index is 10.7. The molecule has 1 saturated heterocycles. The summed E-state index contributed by atoms with van der Waals surface area (Å²) < 4.78 is 5.47. The third-order valence-corrected chi connectivity index (χ3v) is 3.13. The summed E-state index contributed by atoms with van der Waals surface area (Å²) >= 11 is 0. The number of rotatable bonds is 2. The van der Waals surface area contributed by atoms with Crippen LogP contribution in [0.15, 0.2) is 29.0 Å². The molecule has 1 aliphatic heterocycles. The highest BCUT2D eigenvalue weighted by Gasteiger charge is 2.18. The number of aromatic nitrogens is 1. The fourth-order valence-electron chi connectivity index (χ4n) is 2.18. The van der Waals surface area contributed by atoms with Crippen molar-refractivity contribution < 1.29 is 9.21 Å². The van der Waals surface area contributed by atoms with Gasteiger partial charge < -0.3 is 14.2 Å². The molecule has 1 aliphatic rings. The van der Waals surface area contributed by atoms with Crippen LogP contribution in [-0.4, -0.2) is 42.5 Å². The number of carbonyl (C=O) groups is 1. The van der Waals surface area contributed by atoms with Gasteiger partial charge in [-0.25, -0.2) is 0 Å². The molecule has 5 nitrogen and oxygen atoms in total. The first-order chi connectivity index (χ1) is 8.38. The summed E-state index contributed by atoms with van der Waals surface area (Å²) in [5.74, 6) is 0. The minimum absolute atomic E-state index is 0.758. The van der Waals surface area contributed by atoms with Crippen LogP contribution in [0.4, 0.5) is 5.69 Å². The number of amides is 1. The van der Waals surface area contributed by atoms with Crippen LogP contribution in [0, 0.1) is 0 Å². The Labute approximate surface area is 98.6 Å². The highest BCUT2D eigenvalue weighted by molar-refractivity contribution is 5.86. The van der Waals surface area contributed by atoms with Gasteiger partial charge in [-0.1, -0.05) is 0 Å². The zero-order valence-electron chi connectivity index (χ0n) is 9.37. The van der Waals surface area contributed by atoms with Gasteiger partial charge in [0.15, 0.2) is 5.58 Å². The number of hydrogen-bond acceptors (Lipinski definition) is 4. The van der Waals surface area contributed by atoms with Crippen LogP contribution in [0.3, 0.4) is 0 Å². The smallest absolute Gasteiger partial charge is 0.209 e. The Hall–Kier alpha value is -2.04. The van der Waals surface area contributed by atoms with Crippen LogP contribution in [-0.2, 0) is 4.79 Å². The third kappa shape index (κ3) is 1.73. The molecule has 5 heteroatoms. The molecule has 3 heterocycles. The fraction of sp³-hybridized carbons (Fsp3) is 0.333. The van der Waals surface area contributed by atoms with E-state index in [0.717, 1.165) is 49.4 Å². The van der Waals surface area contributed by atoms with E-state index in [2.05, 4.69) is 9.88 Å². The molecular formula is C12H13N3O2. The zero-order chi connectivity index (χ0) is 11.7. The van der Waals surface area contributed by atoms with Gasteiger partial charge in [-0.05, 0) is 6.07 Å². The average Bonchev–Trinajstić information content (AvgIpc) is 2.87. The van der Waals surface area contributed by atoms with E-state index in [9.17, 15) is 4.79 Å². The molecule has 2 aromatic heterocycles. The Balaban J connectivity index is 1.89. The summed E-state index contributed by atoms with van der Waals surface area (Å²) in [6.45, 7) is 3.18. The molecule has 0 saturated carbocycles. The summed E-state index contributed by atoms with van der Waals surface area (Å²) in [5.41, 5.74) is 2.76. The Kier molecular flexibility index (Phi) is 2.44. The van der Waals surface area contributed by atoms with Crippen molar-refractivity contribution in [3.63, 3.8) is 0 Å². The first-order valence-corrected chi connectivity index (χ1v) is 5.65. The molecule has 0 aromatic carbocycles. The summed E-state index contributed by atoms with van der Waals surface area (Å²) in [7, 11) is 0. The lowest BCUT2D eigenvalue weighted by Gasteiger charge is -2.33. The number of carbonyl (C=O) groups excluding carboxylic acids is 1. The maximum Gasteiger partial charge on any atom is 0.209 e. The minimum atomic E-state index is 0.758. The number of furan rings is 1. The third-order valence-electron chi connectivity index (χ3n) is 3.13. The molecule has 17 heavy (non-hydrogen) atoms. The van der Waals surface area contributed by atoms with E-state index >= 15 is 0 Å². The first-order valence-electron chi connectivity index (χ1n) is 5.65. The Bertz CT molecular complexity index is 529. The normalized spacial score (nSPS) is 16.5. The van der Waals surface area contributed by atoms with Crippen molar-refractivity contribution >= 4 is 23.2 Å². The zero-order valence-corrected chi connectivity index (χ0v) is 9.37. The topological polar surface area (TPSA) is 49.6 Å². The van der Waals surface area contributed by atoms with E-state index in [1.807, 2.05) is 12.1 Å². The fourth-order valence-corrected chi connectivity index (χ4v) is 2.18. The van der Waals surface area contributed by atoms with E-state index in [4.69, 9.17) is 4.42 Å². The number of piperazine rings is 1. The van der Waals surface area contributed by atoms with Gasteiger partial charge in [-0.2, -0.15) is 0 Å². The van der Waals surface area contributed by atoms with Crippen molar-refractivity contribution in [3.8, 4) is 0 Å². The molecule has 0 radical (unpaired) electrons. The largest absolute Gasteiger partial charge is 0.460 e. The lowest BCUT2D eigenvalue weighted by atomic mass is 10.2. The Morgan fingerprint density at radius 3 is 2.82 bits per heavy atom. The minimum Gasteiger partial charge on any atom is -0.460 e. The van der Waals surface area contributed by atoms with Crippen LogP contribution >= 0.6 is 0 Å². The van der Waals surface area contributed by atoms with Crippen molar-refractivity contribution in [2.24, 2.45) is 0 Å². The molecule has 1 fully saturated rings. The van der Waals surface area contributed by atoms with Crippen LogP contribution in [0.2, 0.25) is 0 Å². The predicted octanol–water partition coefficient (Wildman–Crippen LogP) is 1.11. The molecule has 1 amide bonds. The molecule has 88 valence electrons. The van der Waals surface area contributed by atoms with Gasteiger partial charge >= 0.3 is 0 Å². The molecule has 2 aromatic rings. The van der Waals surface area contributed by atoms with Crippen molar-refractivity contribution in [1.29, 1.82) is 0 Å². The standard InChI is InChI=1S/C12H13N3O2/c16-9-14-4-6-15(7-5-14)11-1-3-13-10-2-8-17-12(10)11/h1-3,8-9H,4-7H2. The van der Waals surface area contributed by atoms with E-state index in [1.165, 1.54) is 0 Å². The average molecular weight is 231 g/mol. The number of hydrogen-bond donors (Lipinski definition) is 0. The van der Waals surface area contributed by atoms with Gasteiger partial charge in [-0.15, -0.1) is 0 Å². The lowest BCUT2D eigenvalue weighted by Crippen LogP contribution is -2.45. The first kappa shape index (κ1) is 10.1. The lowest BCUT2D eigenvalue weighted by molar-refractivity contribution is -0.118. The van der Waals surface area contributed by atoms with Crippen LogP contribution < -0.4 is 4.90 Å². The molecule has 0 bridgehead atoms. The van der Waals surface area contributed by atoms with E-state index in [1.54, 1.807) is 17.4 Å². The molecular weight excluding hydrogens is 218 g/mol. The summed E-state index contributed by atoms with van der Waals surface area (Å²) in [6, 6.07) is 3.82. The van der Waals surface area contributed by atoms with Crippen LogP contribution in [0.5, 0.6) is 0 Å². The highest BCUT2D eigenvalue weighted by atomic mass is 16.3. The van der Waals surface area contributed by atoms with Crippen LogP contribution in [0.25, 0.3) is 11.1 Å². The summed E-state index contributed by atoms with van der Waals surface area (Å²) in [4.78, 5) is 18.9. The number of anilines is 1. The van der Waals surface area contributed by atoms with Gasteiger partial charge in [0.25, 0.3) is 0 Å². The Morgan fingerprint density at radius 2 is 2.06 bits per heavy atom. The Morgan fingerprint density at radius 1 is 1.24 bits per heavy atom. The molecule has 0 aliphatic carbocycles. The van der Waals surface area contributed by atoms with Gasteiger partial charge in [0.2, 0.25) is 6.41 Å². The second kappa shape index (κ2) is 4.08. The highest BCUT2D eigenvalue weighted by Crippen LogP contribution is 2.26. The molecule has 0 unspecified atom stereocenters. The molecule has 3 rings (SSSR count). The van der Waals surface area contributed by atoms with Gasteiger partial charge in [-0.3, -0.25) is 9.78 Å².